The molecule has 1 N–H and O–H groups in total. The summed E-state index contributed by atoms with van der Waals surface area (Å²) in [5.41, 5.74) is 3.35. The van der Waals surface area contributed by atoms with Gasteiger partial charge in [-0.2, -0.15) is 0 Å². The van der Waals surface area contributed by atoms with Crippen molar-refractivity contribution in [2.24, 2.45) is 0 Å². The number of amides is 1. The van der Waals surface area contributed by atoms with Crippen molar-refractivity contribution in [3.05, 3.63) is 95.8 Å². The van der Waals surface area contributed by atoms with Gasteiger partial charge in [-0.3, -0.25) is 4.79 Å². The lowest BCUT2D eigenvalue weighted by Crippen LogP contribution is -2.26. The summed E-state index contributed by atoms with van der Waals surface area (Å²) in [5, 5.41) is 3.60. The quantitative estimate of drug-likeness (QED) is 0.561. The summed E-state index contributed by atoms with van der Waals surface area (Å²) >= 11 is 5.93. The zero-order valence-corrected chi connectivity index (χ0v) is 14.6. The molecule has 0 aliphatic rings. The Morgan fingerprint density at radius 2 is 1.62 bits per heavy atom. The topological polar surface area (TPSA) is 46.9 Å². The van der Waals surface area contributed by atoms with Crippen molar-refractivity contribution in [2.45, 2.75) is 6.04 Å². The van der Waals surface area contributed by atoms with Crippen LogP contribution in [-0.4, -0.2) is 15.5 Å². The molecule has 3 aromatic carbocycles. The fraction of sp³-hybridized carbons (Fsp3) is 0.0476. The molecule has 0 saturated carbocycles. The smallest absolute Gasteiger partial charge is 0.252 e. The largest absolute Gasteiger partial charge is 0.324 e. The molecule has 1 atom stereocenters. The molecule has 0 bridgehead atoms. The Labute approximate surface area is 156 Å². The first-order valence-corrected chi connectivity index (χ1v) is 8.63. The average molecular weight is 362 g/mol. The van der Waals surface area contributed by atoms with Crippen LogP contribution in [0.5, 0.6) is 0 Å². The molecule has 0 aliphatic heterocycles. The normalized spacial score (nSPS) is 12.0. The van der Waals surface area contributed by atoms with E-state index in [9.17, 15) is 4.79 Å². The molecule has 4 rings (SSSR count). The van der Waals surface area contributed by atoms with E-state index in [2.05, 4.69) is 10.3 Å². The number of anilines is 1. The summed E-state index contributed by atoms with van der Waals surface area (Å²) in [4.78, 5) is 17.6. The van der Waals surface area contributed by atoms with Gasteiger partial charge in [-0.05, 0) is 42.0 Å². The first-order valence-electron chi connectivity index (χ1n) is 8.25. The number of benzene rings is 3. The van der Waals surface area contributed by atoms with Crippen LogP contribution in [-0.2, 0) is 4.79 Å². The molecule has 1 aromatic heterocycles. The third-order valence-electron chi connectivity index (χ3n) is 4.23. The van der Waals surface area contributed by atoms with Crippen molar-refractivity contribution < 1.29 is 4.79 Å². The summed E-state index contributed by atoms with van der Waals surface area (Å²) in [7, 11) is 0. The second kappa shape index (κ2) is 7.02. The molecule has 1 amide bonds. The molecule has 0 radical (unpaired) electrons. The van der Waals surface area contributed by atoms with Crippen molar-refractivity contribution >= 4 is 34.2 Å². The van der Waals surface area contributed by atoms with Crippen molar-refractivity contribution in [1.82, 2.24) is 9.55 Å². The molecule has 0 unspecified atom stereocenters. The van der Waals surface area contributed by atoms with E-state index in [1.165, 1.54) is 0 Å². The number of carbonyl (C=O) groups is 1. The van der Waals surface area contributed by atoms with Gasteiger partial charge in [-0.1, -0.05) is 54.1 Å². The van der Waals surface area contributed by atoms with Gasteiger partial charge in [0.15, 0.2) is 0 Å². The molecule has 4 aromatic rings. The minimum atomic E-state index is -0.528. The van der Waals surface area contributed by atoms with Gasteiger partial charge in [0, 0.05) is 10.7 Å². The minimum absolute atomic E-state index is 0.137. The second-order valence-electron chi connectivity index (χ2n) is 5.95. The Hall–Kier alpha value is -3.11. The van der Waals surface area contributed by atoms with Gasteiger partial charge in [-0.15, -0.1) is 0 Å². The van der Waals surface area contributed by atoms with Gasteiger partial charge in [0.2, 0.25) is 0 Å². The highest BCUT2D eigenvalue weighted by atomic mass is 35.5. The lowest BCUT2D eigenvalue weighted by molar-refractivity contribution is -0.118. The summed E-state index contributed by atoms with van der Waals surface area (Å²) in [5.74, 6) is -0.137. The first kappa shape index (κ1) is 16.4. The van der Waals surface area contributed by atoms with E-state index >= 15 is 0 Å². The van der Waals surface area contributed by atoms with Gasteiger partial charge in [-0.25, -0.2) is 4.98 Å². The standard InChI is InChI=1S/C21H16ClN3O/c22-16-10-12-17(13-11-16)24-21(26)20(15-6-2-1-3-7-15)25-14-23-18-8-4-5-9-19(18)25/h1-14,20H,(H,24,26)/t20-/m0/s1. The zero-order valence-electron chi connectivity index (χ0n) is 13.8. The molecule has 5 heteroatoms. The van der Waals surface area contributed by atoms with Crippen LogP contribution >= 0.6 is 11.6 Å². The van der Waals surface area contributed by atoms with Crippen LogP contribution in [0.2, 0.25) is 5.02 Å². The Morgan fingerprint density at radius 3 is 2.38 bits per heavy atom. The number of hydrogen-bond donors (Lipinski definition) is 1. The molecule has 0 spiro atoms. The predicted octanol–water partition coefficient (Wildman–Crippen LogP) is 4.92. The molecule has 1 heterocycles. The Balaban J connectivity index is 1.76. The van der Waals surface area contributed by atoms with Crippen LogP contribution in [0.4, 0.5) is 5.69 Å². The van der Waals surface area contributed by atoms with Crippen molar-refractivity contribution in [3.63, 3.8) is 0 Å². The lowest BCUT2D eigenvalue weighted by Gasteiger charge is -2.19. The summed E-state index contributed by atoms with van der Waals surface area (Å²) in [6.07, 6.45) is 1.71. The number of aromatic nitrogens is 2. The lowest BCUT2D eigenvalue weighted by atomic mass is 10.1. The van der Waals surface area contributed by atoms with Gasteiger partial charge in [0.05, 0.1) is 17.4 Å². The highest BCUT2D eigenvalue weighted by molar-refractivity contribution is 6.30. The monoisotopic (exact) mass is 361 g/mol. The third kappa shape index (κ3) is 3.19. The number of rotatable bonds is 4. The molecule has 4 nitrogen and oxygen atoms in total. The van der Waals surface area contributed by atoms with E-state index in [1.54, 1.807) is 30.6 Å². The maximum absolute atomic E-state index is 13.1. The minimum Gasteiger partial charge on any atom is -0.324 e. The number of nitrogens with zero attached hydrogens (tertiary/aromatic N) is 2. The average Bonchev–Trinajstić information content (AvgIpc) is 3.09. The molecule has 0 fully saturated rings. The van der Waals surface area contributed by atoms with Crippen LogP contribution < -0.4 is 5.32 Å². The van der Waals surface area contributed by atoms with Crippen LogP contribution in [0.15, 0.2) is 85.2 Å². The highest BCUT2D eigenvalue weighted by Crippen LogP contribution is 2.25. The van der Waals surface area contributed by atoms with E-state index in [-0.39, 0.29) is 5.91 Å². The molecule has 26 heavy (non-hydrogen) atoms. The number of halogens is 1. The zero-order chi connectivity index (χ0) is 17.9. The van der Waals surface area contributed by atoms with Crippen LogP contribution in [0.3, 0.4) is 0 Å². The van der Waals surface area contributed by atoms with Crippen LogP contribution in [0.25, 0.3) is 11.0 Å². The van der Waals surface area contributed by atoms with E-state index in [0.29, 0.717) is 10.7 Å². The van der Waals surface area contributed by atoms with Crippen LogP contribution in [0.1, 0.15) is 11.6 Å². The number of imidazole rings is 1. The Morgan fingerprint density at radius 1 is 0.923 bits per heavy atom. The molecular weight excluding hydrogens is 346 g/mol. The maximum atomic E-state index is 13.1. The summed E-state index contributed by atoms with van der Waals surface area (Å²) < 4.78 is 1.90. The van der Waals surface area contributed by atoms with Gasteiger partial charge >= 0.3 is 0 Å². The third-order valence-corrected chi connectivity index (χ3v) is 4.49. The number of para-hydroxylation sites is 2. The van der Waals surface area contributed by atoms with Gasteiger partial charge < -0.3 is 9.88 Å². The summed E-state index contributed by atoms with van der Waals surface area (Å²) in [6.45, 7) is 0. The van der Waals surface area contributed by atoms with Crippen molar-refractivity contribution in [3.8, 4) is 0 Å². The molecule has 0 saturated heterocycles. The first-order chi connectivity index (χ1) is 12.7. The summed E-state index contributed by atoms with van der Waals surface area (Å²) in [6, 6.07) is 24.0. The highest BCUT2D eigenvalue weighted by Gasteiger charge is 2.24. The van der Waals surface area contributed by atoms with Crippen LogP contribution in [0, 0.1) is 0 Å². The van der Waals surface area contributed by atoms with E-state index in [1.807, 2.05) is 59.2 Å². The predicted molar refractivity (Wildman–Crippen MR) is 104 cm³/mol. The van der Waals surface area contributed by atoms with E-state index in [0.717, 1.165) is 16.6 Å². The van der Waals surface area contributed by atoms with E-state index < -0.39 is 6.04 Å². The Bertz CT molecular complexity index is 1040. The van der Waals surface area contributed by atoms with E-state index in [4.69, 9.17) is 11.6 Å². The fourth-order valence-corrected chi connectivity index (χ4v) is 3.13. The maximum Gasteiger partial charge on any atom is 0.252 e. The van der Waals surface area contributed by atoms with Crippen molar-refractivity contribution in [2.75, 3.05) is 5.32 Å². The SMILES string of the molecule is O=C(Nc1ccc(Cl)cc1)[C@H](c1ccccc1)n1cnc2ccccc21. The van der Waals surface area contributed by atoms with Gasteiger partial charge in [0.25, 0.3) is 5.91 Å². The van der Waals surface area contributed by atoms with Gasteiger partial charge in [0.1, 0.15) is 6.04 Å². The molecule has 0 aliphatic carbocycles. The second-order valence-corrected chi connectivity index (χ2v) is 6.39. The molecule has 128 valence electrons. The Kier molecular flexibility index (Phi) is 4.42. The number of fused-ring (bicyclic) bond motifs is 1. The number of carbonyl (C=O) groups excluding carboxylic acids is 1. The fourth-order valence-electron chi connectivity index (χ4n) is 3.00. The molecular formula is C21H16ClN3O. The van der Waals surface area contributed by atoms with Crippen molar-refractivity contribution in [1.29, 1.82) is 0 Å². The number of hydrogen-bond acceptors (Lipinski definition) is 2. The number of nitrogens with one attached hydrogen (secondary N) is 1.